The molecule has 2 nitrogen and oxygen atoms in total. The van der Waals surface area contributed by atoms with Crippen LogP contribution in [0.5, 0.6) is 0 Å². The Morgan fingerprint density at radius 1 is 0.529 bits per heavy atom. The van der Waals surface area contributed by atoms with Gasteiger partial charge in [-0.1, -0.05) is 51.4 Å². The molecule has 2 saturated carbocycles. The van der Waals surface area contributed by atoms with Crippen LogP contribution in [0.15, 0.2) is 0 Å². The van der Waals surface area contributed by atoms with Crippen molar-refractivity contribution in [2.24, 2.45) is 23.3 Å². The summed E-state index contributed by atoms with van der Waals surface area (Å²) in [5, 5.41) is 0. The fraction of sp³-hybridized carbons (Fsp3) is 1.00. The standard InChI is InChI=1S/C15H30N2/c16-15(17,13-9-5-1-2-6-10-13)14-11-7-3-4-8-12-14/h13-14H,1-12,16-17H2. The molecule has 2 heteroatoms. The SMILES string of the molecule is NC(N)(C1CCCCCC1)C1CCCCCC1. The van der Waals surface area contributed by atoms with Gasteiger partial charge >= 0.3 is 0 Å². The second-order valence-electron chi connectivity index (χ2n) is 6.38. The fourth-order valence-electron chi connectivity index (χ4n) is 3.89. The van der Waals surface area contributed by atoms with Gasteiger partial charge in [0.15, 0.2) is 0 Å². The van der Waals surface area contributed by atoms with E-state index in [-0.39, 0.29) is 5.66 Å². The second kappa shape index (κ2) is 6.19. The Labute approximate surface area is 107 Å². The van der Waals surface area contributed by atoms with Gasteiger partial charge in [0.25, 0.3) is 0 Å². The molecular formula is C15H30N2. The minimum Gasteiger partial charge on any atom is -0.313 e. The fourth-order valence-corrected chi connectivity index (χ4v) is 3.89. The lowest BCUT2D eigenvalue weighted by Gasteiger charge is -2.40. The quantitative estimate of drug-likeness (QED) is 0.571. The minimum absolute atomic E-state index is 0.380. The Balaban J connectivity index is 1.98. The molecule has 0 aromatic rings. The molecule has 2 aliphatic rings. The van der Waals surface area contributed by atoms with Crippen LogP contribution in [-0.4, -0.2) is 5.66 Å². The second-order valence-corrected chi connectivity index (χ2v) is 6.38. The molecule has 2 aliphatic carbocycles. The third kappa shape index (κ3) is 3.45. The first kappa shape index (κ1) is 13.4. The molecule has 0 unspecified atom stereocenters. The molecule has 4 N–H and O–H groups in total. The normalized spacial score (nSPS) is 26.5. The van der Waals surface area contributed by atoms with Crippen molar-refractivity contribution < 1.29 is 0 Å². The third-order valence-corrected chi connectivity index (χ3v) is 5.12. The van der Waals surface area contributed by atoms with Gasteiger partial charge < -0.3 is 11.5 Å². The van der Waals surface area contributed by atoms with Crippen molar-refractivity contribution >= 4 is 0 Å². The summed E-state index contributed by atoms with van der Waals surface area (Å²) < 4.78 is 0. The molecule has 0 spiro atoms. The van der Waals surface area contributed by atoms with Crippen molar-refractivity contribution in [3.63, 3.8) is 0 Å². The molecule has 0 radical (unpaired) electrons. The zero-order valence-corrected chi connectivity index (χ0v) is 11.3. The molecule has 2 rings (SSSR count). The average molecular weight is 238 g/mol. The van der Waals surface area contributed by atoms with E-state index in [1.54, 1.807) is 0 Å². The highest BCUT2D eigenvalue weighted by Crippen LogP contribution is 2.37. The maximum atomic E-state index is 6.58. The third-order valence-electron chi connectivity index (χ3n) is 5.12. The Bertz CT molecular complexity index is 187. The van der Waals surface area contributed by atoms with E-state index in [0.29, 0.717) is 11.8 Å². The predicted octanol–water partition coefficient (Wildman–Crippen LogP) is 3.54. The highest BCUT2D eigenvalue weighted by Gasteiger charge is 2.38. The average Bonchev–Trinajstić information content (AvgIpc) is 2.74. The Morgan fingerprint density at radius 2 is 0.824 bits per heavy atom. The van der Waals surface area contributed by atoms with Crippen molar-refractivity contribution in [3.05, 3.63) is 0 Å². The van der Waals surface area contributed by atoms with Crippen LogP contribution in [0, 0.1) is 11.8 Å². The Kier molecular flexibility index (Phi) is 4.87. The molecule has 0 aliphatic heterocycles. The number of hydrogen-bond acceptors (Lipinski definition) is 2. The summed E-state index contributed by atoms with van der Waals surface area (Å²) in [6.45, 7) is 0. The van der Waals surface area contributed by atoms with Gasteiger partial charge in [0.1, 0.15) is 0 Å². The van der Waals surface area contributed by atoms with E-state index in [9.17, 15) is 0 Å². The van der Waals surface area contributed by atoms with Crippen molar-refractivity contribution in [2.75, 3.05) is 0 Å². The molecule has 0 atom stereocenters. The maximum Gasteiger partial charge on any atom is 0.0694 e. The van der Waals surface area contributed by atoms with E-state index < -0.39 is 0 Å². The van der Waals surface area contributed by atoms with Crippen LogP contribution in [-0.2, 0) is 0 Å². The molecule has 2 fully saturated rings. The maximum absolute atomic E-state index is 6.58. The molecular weight excluding hydrogens is 208 g/mol. The van der Waals surface area contributed by atoms with Crippen LogP contribution in [0.25, 0.3) is 0 Å². The summed E-state index contributed by atoms with van der Waals surface area (Å²) in [5.41, 5.74) is 12.8. The minimum atomic E-state index is -0.380. The number of hydrogen-bond donors (Lipinski definition) is 2. The lowest BCUT2D eigenvalue weighted by atomic mass is 9.75. The van der Waals surface area contributed by atoms with Gasteiger partial charge in [0.05, 0.1) is 5.66 Å². The molecule has 0 saturated heterocycles. The summed E-state index contributed by atoms with van der Waals surface area (Å²) in [6.07, 6.45) is 16.0. The molecule has 0 aromatic carbocycles. The van der Waals surface area contributed by atoms with Gasteiger partial charge in [-0.05, 0) is 37.5 Å². The van der Waals surface area contributed by atoms with Crippen LogP contribution in [0.3, 0.4) is 0 Å². The zero-order chi connectivity index (χ0) is 12.1. The van der Waals surface area contributed by atoms with Crippen molar-refractivity contribution in [3.8, 4) is 0 Å². The van der Waals surface area contributed by atoms with Gasteiger partial charge in [-0.15, -0.1) is 0 Å². The van der Waals surface area contributed by atoms with Crippen molar-refractivity contribution in [1.82, 2.24) is 0 Å². The largest absolute Gasteiger partial charge is 0.313 e. The summed E-state index contributed by atoms with van der Waals surface area (Å²) in [5.74, 6) is 1.15. The monoisotopic (exact) mass is 238 g/mol. The smallest absolute Gasteiger partial charge is 0.0694 e. The lowest BCUT2D eigenvalue weighted by molar-refractivity contribution is 0.147. The van der Waals surface area contributed by atoms with Gasteiger partial charge in [-0.3, -0.25) is 0 Å². The molecule has 0 amide bonds. The van der Waals surface area contributed by atoms with E-state index in [4.69, 9.17) is 11.5 Å². The van der Waals surface area contributed by atoms with Gasteiger partial charge in [-0.2, -0.15) is 0 Å². The van der Waals surface area contributed by atoms with Gasteiger partial charge in [0.2, 0.25) is 0 Å². The topological polar surface area (TPSA) is 52.0 Å². The van der Waals surface area contributed by atoms with Crippen LogP contribution in [0.4, 0.5) is 0 Å². The summed E-state index contributed by atoms with van der Waals surface area (Å²) in [4.78, 5) is 0. The zero-order valence-electron chi connectivity index (χ0n) is 11.3. The van der Waals surface area contributed by atoms with Crippen molar-refractivity contribution in [1.29, 1.82) is 0 Å². The van der Waals surface area contributed by atoms with E-state index in [0.717, 1.165) is 0 Å². The summed E-state index contributed by atoms with van der Waals surface area (Å²) in [7, 11) is 0. The lowest BCUT2D eigenvalue weighted by Crippen LogP contribution is -2.60. The highest BCUT2D eigenvalue weighted by molar-refractivity contribution is 4.93. The Hall–Kier alpha value is -0.0800. The number of rotatable bonds is 2. The first-order chi connectivity index (χ1) is 8.21. The van der Waals surface area contributed by atoms with E-state index >= 15 is 0 Å². The molecule has 0 bridgehead atoms. The van der Waals surface area contributed by atoms with Crippen LogP contribution >= 0.6 is 0 Å². The van der Waals surface area contributed by atoms with Gasteiger partial charge in [0, 0.05) is 0 Å². The molecule has 0 aromatic heterocycles. The molecule has 17 heavy (non-hydrogen) atoms. The molecule has 0 heterocycles. The summed E-state index contributed by atoms with van der Waals surface area (Å²) in [6, 6.07) is 0. The van der Waals surface area contributed by atoms with Crippen LogP contribution < -0.4 is 11.5 Å². The first-order valence-electron chi connectivity index (χ1n) is 7.79. The number of nitrogens with two attached hydrogens (primary N) is 2. The van der Waals surface area contributed by atoms with Gasteiger partial charge in [-0.25, -0.2) is 0 Å². The van der Waals surface area contributed by atoms with Crippen molar-refractivity contribution in [2.45, 2.75) is 82.7 Å². The Morgan fingerprint density at radius 3 is 1.12 bits per heavy atom. The van der Waals surface area contributed by atoms with E-state index in [1.807, 2.05) is 0 Å². The van der Waals surface area contributed by atoms with E-state index in [2.05, 4.69) is 0 Å². The molecule has 100 valence electrons. The van der Waals surface area contributed by atoms with Crippen LogP contribution in [0.1, 0.15) is 77.0 Å². The van der Waals surface area contributed by atoms with E-state index in [1.165, 1.54) is 77.0 Å². The summed E-state index contributed by atoms with van der Waals surface area (Å²) >= 11 is 0. The first-order valence-corrected chi connectivity index (χ1v) is 7.79. The predicted molar refractivity (Wildman–Crippen MR) is 73.5 cm³/mol. The highest BCUT2D eigenvalue weighted by atomic mass is 15.0. The van der Waals surface area contributed by atoms with Crippen LogP contribution in [0.2, 0.25) is 0 Å².